The quantitative estimate of drug-likeness (QED) is 0.554. The van der Waals surface area contributed by atoms with Crippen LogP contribution in [0.1, 0.15) is 5.56 Å². The summed E-state index contributed by atoms with van der Waals surface area (Å²) in [5.41, 5.74) is 2.09. The lowest BCUT2D eigenvalue weighted by molar-refractivity contribution is -0.145. The molecule has 2 aliphatic heterocycles. The molecule has 0 bridgehead atoms. The Kier molecular flexibility index (Phi) is 6.09. The van der Waals surface area contributed by atoms with Crippen molar-refractivity contribution in [2.24, 2.45) is 0 Å². The summed E-state index contributed by atoms with van der Waals surface area (Å²) in [6.07, 6.45) is -0.653. The first-order chi connectivity index (χ1) is 16.1. The number of hydrogen-bond acceptors (Lipinski definition) is 6. The Balaban J connectivity index is 1.13. The van der Waals surface area contributed by atoms with Crippen LogP contribution in [0, 0.1) is 6.92 Å². The summed E-state index contributed by atoms with van der Waals surface area (Å²) in [4.78, 5) is 33.9. The van der Waals surface area contributed by atoms with E-state index in [0.29, 0.717) is 43.4 Å². The van der Waals surface area contributed by atoms with Crippen molar-refractivity contribution in [1.82, 2.24) is 14.8 Å². The van der Waals surface area contributed by atoms with E-state index >= 15 is 0 Å². The number of aryl methyl sites for hydroxylation is 1. The van der Waals surface area contributed by atoms with Gasteiger partial charge in [0.15, 0.2) is 11.5 Å². The average Bonchev–Trinajstić information content (AvgIpc) is 2.86. The average molecular weight is 464 g/mol. The Morgan fingerprint density at radius 1 is 1.00 bits per heavy atom. The molecule has 170 valence electrons. The van der Waals surface area contributed by atoms with E-state index in [1.165, 1.54) is 11.8 Å². The van der Waals surface area contributed by atoms with Gasteiger partial charge in [-0.1, -0.05) is 42.1 Å². The number of ether oxygens (including phenoxy) is 2. The van der Waals surface area contributed by atoms with Crippen LogP contribution in [0.5, 0.6) is 11.5 Å². The van der Waals surface area contributed by atoms with Crippen molar-refractivity contribution >= 4 is 34.5 Å². The minimum atomic E-state index is -0.653. The SMILES string of the molecule is Cc1cc(SCC(=O)N2CCN(C(=O)C3COc4ccccc4O3)CC2)nc2ccccc12. The minimum absolute atomic E-state index is 0.0610. The van der Waals surface area contributed by atoms with Gasteiger partial charge in [0, 0.05) is 31.6 Å². The summed E-state index contributed by atoms with van der Waals surface area (Å²) in [5, 5.41) is 1.98. The van der Waals surface area contributed by atoms with Crippen LogP contribution >= 0.6 is 11.8 Å². The van der Waals surface area contributed by atoms with Crippen LogP contribution in [-0.2, 0) is 9.59 Å². The van der Waals surface area contributed by atoms with Crippen LogP contribution in [0.2, 0.25) is 0 Å². The molecule has 0 spiro atoms. The van der Waals surface area contributed by atoms with E-state index in [-0.39, 0.29) is 18.4 Å². The number of thioether (sulfide) groups is 1. The summed E-state index contributed by atoms with van der Waals surface area (Å²) in [6, 6.07) is 17.4. The van der Waals surface area contributed by atoms with Gasteiger partial charge in [0.25, 0.3) is 5.91 Å². The van der Waals surface area contributed by atoms with E-state index in [0.717, 1.165) is 21.5 Å². The number of nitrogens with zero attached hydrogens (tertiary/aromatic N) is 3. The summed E-state index contributed by atoms with van der Waals surface area (Å²) >= 11 is 1.46. The molecule has 8 heteroatoms. The molecule has 2 aliphatic rings. The van der Waals surface area contributed by atoms with Gasteiger partial charge in [-0.05, 0) is 36.8 Å². The Labute approximate surface area is 196 Å². The second-order valence-corrected chi connectivity index (χ2v) is 9.15. The van der Waals surface area contributed by atoms with Crippen molar-refractivity contribution in [2.45, 2.75) is 18.1 Å². The number of carbonyl (C=O) groups is 2. The number of hydrogen-bond donors (Lipinski definition) is 0. The first-order valence-electron chi connectivity index (χ1n) is 11.0. The van der Waals surface area contributed by atoms with Crippen molar-refractivity contribution in [3.05, 3.63) is 60.2 Å². The number of rotatable bonds is 4. The van der Waals surface area contributed by atoms with Crippen LogP contribution < -0.4 is 9.47 Å². The topological polar surface area (TPSA) is 72.0 Å². The molecule has 1 saturated heterocycles. The summed E-state index contributed by atoms with van der Waals surface area (Å²) in [7, 11) is 0. The maximum Gasteiger partial charge on any atom is 0.267 e. The highest BCUT2D eigenvalue weighted by Crippen LogP contribution is 2.31. The van der Waals surface area contributed by atoms with Gasteiger partial charge < -0.3 is 19.3 Å². The lowest BCUT2D eigenvalue weighted by Crippen LogP contribution is -2.55. The van der Waals surface area contributed by atoms with E-state index in [1.54, 1.807) is 11.0 Å². The van der Waals surface area contributed by atoms with E-state index in [2.05, 4.69) is 18.0 Å². The highest BCUT2D eigenvalue weighted by atomic mass is 32.2. The maximum atomic E-state index is 12.9. The van der Waals surface area contributed by atoms with Crippen molar-refractivity contribution in [2.75, 3.05) is 38.5 Å². The Bertz CT molecular complexity index is 1190. The third kappa shape index (κ3) is 4.61. The molecule has 0 saturated carbocycles. The molecule has 1 fully saturated rings. The largest absolute Gasteiger partial charge is 0.485 e. The number of amides is 2. The number of para-hydroxylation sites is 3. The monoisotopic (exact) mass is 463 g/mol. The molecule has 3 aromatic rings. The molecule has 2 amide bonds. The highest BCUT2D eigenvalue weighted by molar-refractivity contribution is 7.99. The van der Waals surface area contributed by atoms with E-state index in [4.69, 9.17) is 9.47 Å². The molecule has 33 heavy (non-hydrogen) atoms. The normalized spacial score (nSPS) is 17.8. The van der Waals surface area contributed by atoms with Gasteiger partial charge in [-0.25, -0.2) is 4.98 Å². The zero-order valence-corrected chi connectivity index (χ0v) is 19.2. The number of carbonyl (C=O) groups excluding carboxylic acids is 2. The van der Waals surface area contributed by atoms with Gasteiger partial charge in [-0.2, -0.15) is 0 Å². The zero-order valence-electron chi connectivity index (χ0n) is 18.4. The Hall–Kier alpha value is -3.26. The summed E-state index contributed by atoms with van der Waals surface area (Å²) in [6.45, 7) is 4.27. The highest BCUT2D eigenvalue weighted by Gasteiger charge is 2.33. The van der Waals surface area contributed by atoms with Gasteiger partial charge in [0.1, 0.15) is 6.61 Å². The molecule has 1 unspecified atom stereocenters. The van der Waals surface area contributed by atoms with Gasteiger partial charge in [0.2, 0.25) is 12.0 Å². The first-order valence-corrected chi connectivity index (χ1v) is 12.0. The number of pyridine rings is 1. The number of fused-ring (bicyclic) bond motifs is 2. The molecule has 7 nitrogen and oxygen atoms in total. The molecule has 0 N–H and O–H groups in total. The number of benzene rings is 2. The van der Waals surface area contributed by atoms with E-state index in [9.17, 15) is 9.59 Å². The van der Waals surface area contributed by atoms with Crippen molar-refractivity contribution in [3.8, 4) is 11.5 Å². The molecular formula is C25H25N3O4S. The standard InChI is InChI=1S/C25H25N3O4S/c1-17-14-23(26-19-7-3-2-6-18(17)19)33-16-24(29)27-10-12-28(13-11-27)25(30)22-15-31-20-8-4-5-9-21(20)32-22/h2-9,14,22H,10-13,15-16H2,1H3. The van der Waals surface area contributed by atoms with Crippen molar-refractivity contribution in [3.63, 3.8) is 0 Å². The Morgan fingerprint density at radius 2 is 1.70 bits per heavy atom. The fraction of sp³-hybridized carbons (Fsp3) is 0.320. The van der Waals surface area contributed by atoms with Gasteiger partial charge >= 0.3 is 0 Å². The van der Waals surface area contributed by atoms with E-state index in [1.807, 2.05) is 47.4 Å². The second-order valence-electron chi connectivity index (χ2n) is 8.15. The molecule has 0 radical (unpaired) electrons. The maximum absolute atomic E-state index is 12.9. The molecule has 0 aliphatic carbocycles. The Morgan fingerprint density at radius 3 is 2.52 bits per heavy atom. The first kappa shape index (κ1) is 21.6. The summed E-state index contributed by atoms with van der Waals surface area (Å²) < 4.78 is 11.5. The van der Waals surface area contributed by atoms with Gasteiger partial charge in [0.05, 0.1) is 16.3 Å². The minimum Gasteiger partial charge on any atom is -0.485 e. The van der Waals surface area contributed by atoms with Crippen LogP contribution in [0.4, 0.5) is 0 Å². The molecule has 2 aromatic carbocycles. The van der Waals surface area contributed by atoms with Gasteiger partial charge in [-0.3, -0.25) is 9.59 Å². The van der Waals surface area contributed by atoms with Crippen LogP contribution in [0.15, 0.2) is 59.6 Å². The molecular weight excluding hydrogens is 438 g/mol. The smallest absolute Gasteiger partial charge is 0.267 e. The van der Waals surface area contributed by atoms with Gasteiger partial charge in [-0.15, -0.1) is 0 Å². The predicted molar refractivity (Wildman–Crippen MR) is 127 cm³/mol. The fourth-order valence-corrected chi connectivity index (χ4v) is 5.02. The zero-order chi connectivity index (χ0) is 22.8. The second kappa shape index (κ2) is 9.31. The van der Waals surface area contributed by atoms with Crippen molar-refractivity contribution < 1.29 is 19.1 Å². The molecule has 1 atom stereocenters. The molecule has 1 aromatic heterocycles. The molecule has 5 rings (SSSR count). The number of aromatic nitrogens is 1. The van der Waals surface area contributed by atoms with Crippen LogP contribution in [-0.4, -0.2) is 71.2 Å². The lowest BCUT2D eigenvalue weighted by Gasteiger charge is -2.37. The molecule has 3 heterocycles. The third-order valence-corrected chi connectivity index (χ3v) is 6.87. The van der Waals surface area contributed by atoms with Crippen LogP contribution in [0.25, 0.3) is 10.9 Å². The predicted octanol–water partition coefficient (Wildman–Crippen LogP) is 3.15. The van der Waals surface area contributed by atoms with Crippen molar-refractivity contribution in [1.29, 1.82) is 0 Å². The summed E-state index contributed by atoms with van der Waals surface area (Å²) in [5.74, 6) is 1.54. The third-order valence-electron chi connectivity index (χ3n) is 5.97. The van der Waals surface area contributed by atoms with E-state index < -0.39 is 6.10 Å². The number of piperazine rings is 1. The lowest BCUT2D eigenvalue weighted by atomic mass is 10.1. The van der Waals surface area contributed by atoms with Crippen LogP contribution in [0.3, 0.4) is 0 Å². The fourth-order valence-electron chi connectivity index (χ4n) is 4.14.